The van der Waals surface area contributed by atoms with E-state index in [0.717, 1.165) is 95.8 Å². The molecule has 6 atom stereocenters. The smallest absolute Gasteiger partial charge is 0.375 e. The minimum absolute atomic E-state index is 0.0142. The second-order valence-corrected chi connectivity index (χ2v) is 22.3. The fourth-order valence-corrected chi connectivity index (χ4v) is 17.5. The number of carbonyl (C=O) groups is 3. The van der Waals surface area contributed by atoms with Crippen LogP contribution in [0.15, 0.2) is 66.7 Å². The van der Waals surface area contributed by atoms with Crippen LogP contribution < -0.4 is 0 Å². The normalized spacial score (nSPS) is 29.8. The van der Waals surface area contributed by atoms with Crippen LogP contribution in [0.1, 0.15) is 104 Å². The van der Waals surface area contributed by atoms with Gasteiger partial charge in [-0.3, -0.25) is 14.4 Å². The Balaban J connectivity index is 0.945. The Labute approximate surface area is 308 Å². The topological polar surface area (TPSA) is 60.4 Å². The second kappa shape index (κ2) is 14.4. The lowest BCUT2D eigenvalue weighted by Gasteiger charge is -2.25. The van der Waals surface area contributed by atoms with Crippen LogP contribution in [0.3, 0.4) is 0 Å². The van der Waals surface area contributed by atoms with E-state index >= 15 is 8.78 Å². The first-order valence-electron chi connectivity index (χ1n) is 18.5. The van der Waals surface area contributed by atoms with E-state index in [0.29, 0.717) is 30.6 Å². The van der Waals surface area contributed by atoms with Crippen molar-refractivity contribution in [1.82, 2.24) is 0 Å². The third kappa shape index (κ3) is 6.67. The zero-order valence-corrected chi connectivity index (χ0v) is 31.8. The molecule has 6 unspecified atom stereocenters. The molecule has 0 bridgehead atoms. The van der Waals surface area contributed by atoms with Crippen LogP contribution in [0, 0.1) is 6.92 Å². The molecule has 1 aliphatic carbocycles. The van der Waals surface area contributed by atoms with E-state index in [2.05, 4.69) is 18.2 Å². The summed E-state index contributed by atoms with van der Waals surface area (Å²) in [6, 6.07) is 21.5. The highest BCUT2D eigenvalue weighted by molar-refractivity contribution is 7.99. The molecule has 3 aromatic carbocycles. The highest BCUT2D eigenvalue weighted by atomic mass is 32.2. The van der Waals surface area contributed by atoms with Crippen LogP contribution in [-0.4, -0.2) is 80.3 Å². The summed E-state index contributed by atoms with van der Waals surface area (Å²) >= 11 is 0. The molecule has 9 heteroatoms. The van der Waals surface area contributed by atoms with Gasteiger partial charge in [-0.15, -0.1) is 8.78 Å². The number of Topliss-reactive ketones (excluding diaryl/α,β-unsaturated/α-hetero) is 3. The molecule has 0 spiro atoms. The van der Waals surface area contributed by atoms with E-state index < -0.39 is 26.7 Å². The van der Waals surface area contributed by atoms with Gasteiger partial charge in [0.25, 0.3) is 5.78 Å². The van der Waals surface area contributed by atoms with Gasteiger partial charge in [0.2, 0.25) is 16.3 Å². The predicted octanol–water partition coefficient (Wildman–Crippen LogP) is 7.63. The van der Waals surface area contributed by atoms with Crippen molar-refractivity contribution >= 4 is 50.0 Å². The first-order chi connectivity index (χ1) is 24.6. The molecule has 8 rings (SSSR count). The fraction of sp³-hybridized carbons (Fsp3) is 0.500. The Morgan fingerprint density at radius 3 is 2.35 bits per heavy atom. The van der Waals surface area contributed by atoms with Crippen molar-refractivity contribution in [1.29, 1.82) is 0 Å². The lowest BCUT2D eigenvalue weighted by molar-refractivity contribution is 0.0554. The number of hydrogen-bond donors (Lipinski definition) is 0. The Morgan fingerprint density at radius 1 is 0.843 bits per heavy atom. The third-order valence-electron chi connectivity index (χ3n) is 12.0. The molecular weight excluding hydrogens is 703 g/mol. The van der Waals surface area contributed by atoms with E-state index in [4.69, 9.17) is 4.74 Å². The average molecular weight is 750 g/mol. The van der Waals surface area contributed by atoms with Gasteiger partial charge in [-0.05, 0) is 65.9 Å². The highest BCUT2D eigenvalue weighted by Crippen LogP contribution is 2.44. The first kappa shape index (κ1) is 35.6. The molecule has 0 aromatic heterocycles. The van der Waals surface area contributed by atoms with Gasteiger partial charge >= 0.3 is 5.25 Å². The number of aryl methyl sites for hydroxylation is 2. The van der Waals surface area contributed by atoms with Gasteiger partial charge in [-0.2, -0.15) is 0 Å². The first-order valence-corrected chi connectivity index (χ1v) is 23.3. The molecular formula is C42H47F2O4S3+3. The van der Waals surface area contributed by atoms with E-state index in [-0.39, 0.29) is 50.1 Å². The van der Waals surface area contributed by atoms with Crippen molar-refractivity contribution in [3.63, 3.8) is 0 Å². The molecule has 0 radical (unpaired) electrons. The number of ketones is 3. The summed E-state index contributed by atoms with van der Waals surface area (Å²) in [5, 5.41) is -3.30. The van der Waals surface area contributed by atoms with E-state index in [1.807, 2.05) is 37.3 Å². The summed E-state index contributed by atoms with van der Waals surface area (Å²) in [6.07, 6.45) is 6.00. The lowest BCUT2D eigenvalue weighted by atomic mass is 9.86. The SMILES string of the molecule is Cc1ccc(C(=O)C2([S+]3CCC(c4ccc5c(c4)C(=O)C([S+]4CCC(c6cccc(C(=O)C(F)(F)[S+]7CCCC7)c6)C4)CC5)C3)CCOC2)cc1. The predicted molar refractivity (Wildman–Crippen MR) is 208 cm³/mol. The van der Waals surface area contributed by atoms with E-state index in [1.54, 1.807) is 18.2 Å². The molecule has 268 valence electrons. The maximum Gasteiger partial charge on any atom is 0.474 e. The number of ether oxygens (including phenoxy) is 1. The van der Waals surface area contributed by atoms with Crippen molar-refractivity contribution in [2.45, 2.75) is 79.0 Å². The number of carbonyl (C=O) groups excluding carboxylic acids is 3. The van der Waals surface area contributed by atoms with Gasteiger partial charge in [-0.25, -0.2) is 0 Å². The molecule has 0 saturated carbocycles. The molecule has 4 heterocycles. The quantitative estimate of drug-likeness (QED) is 0.167. The maximum atomic E-state index is 15.1. The zero-order valence-electron chi connectivity index (χ0n) is 29.3. The molecule has 4 aliphatic heterocycles. The summed E-state index contributed by atoms with van der Waals surface area (Å²) in [4.78, 5) is 41.2. The summed E-state index contributed by atoms with van der Waals surface area (Å²) in [7, 11) is -1.36. The summed E-state index contributed by atoms with van der Waals surface area (Å²) < 4.78 is 35.7. The van der Waals surface area contributed by atoms with Gasteiger partial charge in [0.15, 0.2) is 5.25 Å². The molecule has 4 nitrogen and oxygen atoms in total. The molecule has 5 aliphatic rings. The van der Waals surface area contributed by atoms with Crippen LogP contribution in [-0.2, 0) is 43.8 Å². The van der Waals surface area contributed by atoms with Crippen LogP contribution in [0.5, 0.6) is 0 Å². The number of hydrogen-bond acceptors (Lipinski definition) is 4. The fourth-order valence-electron chi connectivity index (χ4n) is 8.95. The number of fused-ring (bicyclic) bond motifs is 1. The Kier molecular flexibility index (Phi) is 10.0. The minimum Gasteiger partial charge on any atom is -0.375 e. The van der Waals surface area contributed by atoms with Crippen molar-refractivity contribution < 1.29 is 27.9 Å². The van der Waals surface area contributed by atoms with Gasteiger partial charge in [0.1, 0.15) is 41.1 Å². The largest absolute Gasteiger partial charge is 0.474 e. The van der Waals surface area contributed by atoms with Crippen LogP contribution >= 0.6 is 0 Å². The van der Waals surface area contributed by atoms with Crippen molar-refractivity contribution in [3.8, 4) is 0 Å². The van der Waals surface area contributed by atoms with Crippen molar-refractivity contribution in [3.05, 3.63) is 106 Å². The minimum atomic E-state index is -3.29. The molecule has 51 heavy (non-hydrogen) atoms. The van der Waals surface area contributed by atoms with Gasteiger partial charge in [-0.1, -0.05) is 60.2 Å². The van der Waals surface area contributed by atoms with Crippen molar-refractivity contribution in [2.24, 2.45) is 0 Å². The maximum absolute atomic E-state index is 15.1. The van der Waals surface area contributed by atoms with Gasteiger partial charge < -0.3 is 4.74 Å². The number of rotatable bonds is 9. The second-order valence-electron chi connectivity index (χ2n) is 15.1. The summed E-state index contributed by atoms with van der Waals surface area (Å²) in [5.74, 6) is 4.63. The zero-order chi connectivity index (χ0) is 35.3. The van der Waals surface area contributed by atoms with Crippen molar-refractivity contribution in [2.75, 3.05) is 47.7 Å². The van der Waals surface area contributed by atoms with Crippen LogP contribution in [0.25, 0.3) is 0 Å². The molecule has 0 N–H and O–H groups in total. The molecule has 3 aromatic rings. The summed E-state index contributed by atoms with van der Waals surface area (Å²) in [5.41, 5.74) is 6.25. The monoisotopic (exact) mass is 749 g/mol. The Hall–Kier alpha value is -2.46. The van der Waals surface area contributed by atoms with Gasteiger partial charge in [0, 0.05) is 65.1 Å². The number of alkyl halides is 2. The molecule has 4 saturated heterocycles. The molecule has 4 fully saturated rings. The average Bonchev–Trinajstić information content (AvgIpc) is 3.99. The Morgan fingerprint density at radius 2 is 1.59 bits per heavy atom. The number of halogens is 2. The summed E-state index contributed by atoms with van der Waals surface area (Å²) in [6.45, 7) is 3.17. The van der Waals surface area contributed by atoms with E-state index in [9.17, 15) is 14.4 Å². The third-order valence-corrected chi connectivity index (χ3v) is 20.5. The highest BCUT2D eigenvalue weighted by Gasteiger charge is 2.60. The van der Waals surface area contributed by atoms with E-state index in [1.165, 1.54) is 5.56 Å². The van der Waals surface area contributed by atoms with Gasteiger partial charge in [0.05, 0.1) is 17.5 Å². The lowest BCUT2D eigenvalue weighted by Crippen LogP contribution is -2.48. The molecule has 0 amide bonds. The number of benzene rings is 3. The Bertz CT molecular complexity index is 1810. The standard InChI is InChI=1S/C42H47F2O4S3/c1-28-7-9-30(10-8-28)39(46)41(17-18-48-27-41)51-22-16-35(26-51)32-12-11-29-13-14-37(38(45)36(29)24-32)49-21-15-34(25-49)31-5-4-6-33(23-31)40(47)42(43,44)50-19-2-3-20-50/h4-12,23-24,34-35,37H,2-3,13-22,25-27H2,1H3/q+3. The van der Waals surface area contributed by atoms with Crippen LogP contribution in [0.4, 0.5) is 8.78 Å². The van der Waals surface area contributed by atoms with Crippen LogP contribution in [0.2, 0.25) is 0 Å².